The molecule has 0 heterocycles. The van der Waals surface area contributed by atoms with Gasteiger partial charge in [-0.25, -0.2) is 0 Å². The number of benzene rings is 2. The average molecular weight is 364 g/mol. The first-order valence-corrected chi connectivity index (χ1v) is 8.28. The number of methoxy groups -OCH3 is 2. The standard InChI is InChI=1S/C19H22ClNO4/c1-12(2)11-25-17-7-5-13(9-18(17)24-4)19(22)21-14-6-8-16(23-3)15(20)10-14/h5-10,12H,11H2,1-4H3,(H,21,22). The largest absolute Gasteiger partial charge is 0.495 e. The van der Waals surface area contributed by atoms with Crippen LogP contribution in [-0.2, 0) is 0 Å². The summed E-state index contributed by atoms with van der Waals surface area (Å²) in [4.78, 5) is 12.4. The third-order valence-electron chi connectivity index (χ3n) is 3.41. The molecule has 0 atom stereocenters. The van der Waals surface area contributed by atoms with Crippen molar-refractivity contribution >= 4 is 23.2 Å². The fourth-order valence-corrected chi connectivity index (χ4v) is 2.39. The molecule has 0 aliphatic carbocycles. The number of amides is 1. The zero-order valence-corrected chi connectivity index (χ0v) is 15.5. The van der Waals surface area contributed by atoms with Crippen molar-refractivity contribution in [1.29, 1.82) is 0 Å². The van der Waals surface area contributed by atoms with Crippen LogP contribution in [0.1, 0.15) is 24.2 Å². The van der Waals surface area contributed by atoms with Crippen molar-refractivity contribution in [2.75, 3.05) is 26.1 Å². The van der Waals surface area contributed by atoms with Crippen molar-refractivity contribution in [2.45, 2.75) is 13.8 Å². The molecular formula is C19H22ClNO4. The van der Waals surface area contributed by atoms with E-state index in [1.54, 1.807) is 43.5 Å². The predicted molar refractivity (Wildman–Crippen MR) is 99.3 cm³/mol. The van der Waals surface area contributed by atoms with Gasteiger partial charge in [0.05, 0.1) is 25.8 Å². The molecule has 0 spiro atoms. The minimum Gasteiger partial charge on any atom is -0.495 e. The summed E-state index contributed by atoms with van der Waals surface area (Å²) in [5, 5.41) is 3.22. The van der Waals surface area contributed by atoms with Gasteiger partial charge in [0, 0.05) is 11.3 Å². The maximum absolute atomic E-state index is 12.4. The first kappa shape index (κ1) is 18.9. The molecule has 1 amide bonds. The zero-order chi connectivity index (χ0) is 18.4. The van der Waals surface area contributed by atoms with Gasteiger partial charge in [0.15, 0.2) is 11.5 Å². The number of rotatable bonds is 7. The summed E-state index contributed by atoms with van der Waals surface area (Å²) in [6.07, 6.45) is 0. The summed E-state index contributed by atoms with van der Waals surface area (Å²) in [7, 11) is 3.08. The molecule has 0 aliphatic rings. The van der Waals surface area contributed by atoms with E-state index in [0.717, 1.165) is 0 Å². The fourth-order valence-electron chi connectivity index (χ4n) is 2.13. The van der Waals surface area contributed by atoms with Gasteiger partial charge in [-0.05, 0) is 42.3 Å². The Balaban J connectivity index is 2.14. The van der Waals surface area contributed by atoms with Crippen LogP contribution in [0.15, 0.2) is 36.4 Å². The maximum Gasteiger partial charge on any atom is 0.255 e. The smallest absolute Gasteiger partial charge is 0.255 e. The van der Waals surface area contributed by atoms with Gasteiger partial charge < -0.3 is 19.5 Å². The molecule has 0 bridgehead atoms. The van der Waals surface area contributed by atoms with Crippen LogP contribution in [0.25, 0.3) is 0 Å². The number of ether oxygens (including phenoxy) is 3. The van der Waals surface area contributed by atoms with Crippen LogP contribution in [0, 0.1) is 5.92 Å². The third kappa shape index (κ3) is 5.03. The van der Waals surface area contributed by atoms with Crippen molar-refractivity contribution < 1.29 is 19.0 Å². The number of carbonyl (C=O) groups is 1. The van der Waals surface area contributed by atoms with Crippen LogP contribution < -0.4 is 19.5 Å². The van der Waals surface area contributed by atoms with Crippen LogP contribution in [0.5, 0.6) is 17.2 Å². The number of halogens is 1. The van der Waals surface area contributed by atoms with Gasteiger partial charge in [-0.15, -0.1) is 0 Å². The molecule has 0 unspecified atom stereocenters. The van der Waals surface area contributed by atoms with Gasteiger partial charge in [0.1, 0.15) is 5.75 Å². The van der Waals surface area contributed by atoms with E-state index in [0.29, 0.717) is 46.0 Å². The highest BCUT2D eigenvalue weighted by Gasteiger charge is 2.13. The van der Waals surface area contributed by atoms with Crippen LogP contribution in [0.3, 0.4) is 0 Å². The zero-order valence-electron chi connectivity index (χ0n) is 14.8. The topological polar surface area (TPSA) is 56.8 Å². The fraction of sp³-hybridized carbons (Fsp3) is 0.316. The van der Waals surface area contributed by atoms with E-state index in [1.165, 1.54) is 7.11 Å². The normalized spacial score (nSPS) is 10.5. The molecule has 1 N–H and O–H groups in total. The number of hydrogen-bond acceptors (Lipinski definition) is 4. The Bertz CT molecular complexity index is 746. The molecule has 134 valence electrons. The Morgan fingerprint density at radius 3 is 2.32 bits per heavy atom. The van der Waals surface area contributed by atoms with Crippen molar-refractivity contribution in [3.8, 4) is 17.2 Å². The number of hydrogen-bond donors (Lipinski definition) is 1. The van der Waals surface area contributed by atoms with Gasteiger partial charge in [-0.1, -0.05) is 25.4 Å². The van der Waals surface area contributed by atoms with Crippen molar-refractivity contribution in [1.82, 2.24) is 0 Å². The summed E-state index contributed by atoms with van der Waals surface area (Å²) in [6, 6.07) is 10.1. The molecule has 0 fully saturated rings. The Kier molecular flexibility index (Phi) is 6.53. The molecule has 2 aromatic carbocycles. The second kappa shape index (κ2) is 8.62. The van der Waals surface area contributed by atoms with Gasteiger partial charge in [0.25, 0.3) is 5.91 Å². The van der Waals surface area contributed by atoms with E-state index in [4.69, 9.17) is 25.8 Å². The van der Waals surface area contributed by atoms with E-state index in [9.17, 15) is 4.79 Å². The summed E-state index contributed by atoms with van der Waals surface area (Å²) in [6.45, 7) is 4.70. The lowest BCUT2D eigenvalue weighted by Gasteiger charge is -2.14. The molecule has 6 heteroatoms. The van der Waals surface area contributed by atoms with E-state index in [-0.39, 0.29) is 5.91 Å². The van der Waals surface area contributed by atoms with Crippen molar-refractivity contribution in [3.63, 3.8) is 0 Å². The number of anilines is 1. The SMILES string of the molecule is COc1ccc(NC(=O)c2ccc(OCC(C)C)c(OC)c2)cc1Cl. The second-order valence-electron chi connectivity index (χ2n) is 5.87. The Morgan fingerprint density at radius 2 is 1.72 bits per heavy atom. The highest BCUT2D eigenvalue weighted by Crippen LogP contribution is 2.30. The number of nitrogens with one attached hydrogen (secondary N) is 1. The minimum absolute atomic E-state index is 0.269. The average Bonchev–Trinajstić information content (AvgIpc) is 2.59. The molecule has 0 aromatic heterocycles. The number of carbonyl (C=O) groups excluding carboxylic acids is 1. The molecule has 0 saturated heterocycles. The molecule has 0 radical (unpaired) electrons. The van der Waals surface area contributed by atoms with Gasteiger partial charge in [-0.3, -0.25) is 4.79 Å². The Morgan fingerprint density at radius 1 is 1.04 bits per heavy atom. The van der Waals surface area contributed by atoms with Crippen LogP contribution >= 0.6 is 11.6 Å². The first-order chi connectivity index (χ1) is 11.9. The molecule has 2 rings (SSSR count). The third-order valence-corrected chi connectivity index (χ3v) is 3.70. The van der Waals surface area contributed by atoms with Crippen molar-refractivity contribution in [3.05, 3.63) is 47.0 Å². The maximum atomic E-state index is 12.4. The van der Waals surface area contributed by atoms with Crippen LogP contribution in [0.2, 0.25) is 5.02 Å². The molecule has 0 aliphatic heterocycles. The van der Waals surface area contributed by atoms with Gasteiger partial charge >= 0.3 is 0 Å². The van der Waals surface area contributed by atoms with E-state index in [1.807, 2.05) is 0 Å². The van der Waals surface area contributed by atoms with Crippen molar-refractivity contribution in [2.24, 2.45) is 5.92 Å². The van der Waals surface area contributed by atoms with Crippen LogP contribution in [-0.4, -0.2) is 26.7 Å². The predicted octanol–water partition coefficient (Wildman–Crippen LogP) is 4.64. The van der Waals surface area contributed by atoms with Crippen LogP contribution in [0.4, 0.5) is 5.69 Å². The molecule has 5 nitrogen and oxygen atoms in total. The highest BCUT2D eigenvalue weighted by atomic mass is 35.5. The molecule has 2 aromatic rings. The summed E-state index contributed by atoms with van der Waals surface area (Å²) in [5.41, 5.74) is 1.04. The Hall–Kier alpha value is -2.40. The molecule has 25 heavy (non-hydrogen) atoms. The summed E-state index contributed by atoms with van der Waals surface area (Å²) in [5.74, 6) is 1.80. The monoisotopic (exact) mass is 363 g/mol. The summed E-state index contributed by atoms with van der Waals surface area (Å²) >= 11 is 6.07. The lowest BCUT2D eigenvalue weighted by Crippen LogP contribution is -2.12. The Labute approximate surface area is 152 Å². The van der Waals surface area contributed by atoms with Gasteiger partial charge in [0.2, 0.25) is 0 Å². The van der Waals surface area contributed by atoms with E-state index < -0.39 is 0 Å². The quantitative estimate of drug-likeness (QED) is 0.778. The van der Waals surface area contributed by atoms with E-state index >= 15 is 0 Å². The second-order valence-corrected chi connectivity index (χ2v) is 6.28. The van der Waals surface area contributed by atoms with E-state index in [2.05, 4.69) is 19.2 Å². The highest BCUT2D eigenvalue weighted by molar-refractivity contribution is 6.32. The lowest BCUT2D eigenvalue weighted by atomic mass is 10.1. The summed E-state index contributed by atoms with van der Waals surface area (Å²) < 4.78 is 16.1. The minimum atomic E-state index is -0.269. The van der Waals surface area contributed by atoms with Gasteiger partial charge in [-0.2, -0.15) is 0 Å². The molecular weight excluding hydrogens is 342 g/mol. The first-order valence-electron chi connectivity index (χ1n) is 7.90. The lowest BCUT2D eigenvalue weighted by molar-refractivity contribution is 0.102. The molecule has 0 saturated carbocycles.